The Kier molecular flexibility index (Phi) is 7.36. The molecule has 5 heteroatoms. The first-order chi connectivity index (χ1) is 11.1. The smallest absolute Gasteiger partial charge is 0.251 e. The molecule has 1 aliphatic rings. The Morgan fingerprint density at radius 3 is 2.61 bits per heavy atom. The first-order valence-electron chi connectivity index (χ1n) is 8.46. The van der Waals surface area contributed by atoms with Crippen LogP contribution in [0.1, 0.15) is 30.6 Å². The molecule has 0 bridgehead atoms. The van der Waals surface area contributed by atoms with Crippen molar-refractivity contribution in [3.05, 3.63) is 29.8 Å². The lowest BCUT2D eigenvalue weighted by Gasteiger charge is -2.26. The molecule has 1 fully saturated rings. The molecule has 1 aromatic rings. The van der Waals surface area contributed by atoms with Crippen LogP contribution in [0.5, 0.6) is 5.75 Å². The van der Waals surface area contributed by atoms with E-state index in [-0.39, 0.29) is 5.91 Å². The van der Waals surface area contributed by atoms with E-state index in [1.807, 2.05) is 24.3 Å². The van der Waals surface area contributed by atoms with Crippen molar-refractivity contribution in [3.63, 3.8) is 0 Å². The summed E-state index contributed by atoms with van der Waals surface area (Å²) < 4.78 is 11.0. The van der Waals surface area contributed by atoms with Gasteiger partial charge in [0.2, 0.25) is 0 Å². The molecule has 23 heavy (non-hydrogen) atoms. The molecule has 0 spiro atoms. The van der Waals surface area contributed by atoms with E-state index in [9.17, 15) is 4.79 Å². The molecule has 0 atom stereocenters. The number of rotatable bonds is 8. The van der Waals surface area contributed by atoms with Crippen LogP contribution in [0.25, 0.3) is 0 Å². The molecule has 0 aromatic heterocycles. The SMILES string of the molecule is CC(C)CCOc1ccc(C(=O)NCCN2CCOCC2)cc1. The highest BCUT2D eigenvalue weighted by atomic mass is 16.5. The second kappa shape index (κ2) is 9.53. The lowest BCUT2D eigenvalue weighted by Crippen LogP contribution is -2.41. The summed E-state index contributed by atoms with van der Waals surface area (Å²) in [5.41, 5.74) is 0.670. The summed E-state index contributed by atoms with van der Waals surface area (Å²) in [6, 6.07) is 7.35. The van der Waals surface area contributed by atoms with Crippen molar-refractivity contribution < 1.29 is 14.3 Å². The topological polar surface area (TPSA) is 50.8 Å². The second-order valence-corrected chi connectivity index (χ2v) is 6.27. The van der Waals surface area contributed by atoms with Gasteiger partial charge in [0.15, 0.2) is 0 Å². The van der Waals surface area contributed by atoms with Crippen molar-refractivity contribution in [1.82, 2.24) is 10.2 Å². The van der Waals surface area contributed by atoms with Crippen LogP contribution in [0.3, 0.4) is 0 Å². The number of hydrogen-bond acceptors (Lipinski definition) is 4. The minimum atomic E-state index is -0.0352. The molecule has 1 amide bonds. The van der Waals surface area contributed by atoms with E-state index in [2.05, 4.69) is 24.1 Å². The number of nitrogens with one attached hydrogen (secondary N) is 1. The van der Waals surface area contributed by atoms with Gasteiger partial charge >= 0.3 is 0 Å². The van der Waals surface area contributed by atoms with Crippen molar-refractivity contribution in [2.24, 2.45) is 5.92 Å². The Bertz CT molecular complexity index is 468. The van der Waals surface area contributed by atoms with E-state index in [0.29, 0.717) is 24.6 Å². The van der Waals surface area contributed by atoms with E-state index < -0.39 is 0 Å². The van der Waals surface area contributed by atoms with E-state index in [1.54, 1.807) is 0 Å². The fraction of sp³-hybridized carbons (Fsp3) is 0.611. The summed E-state index contributed by atoms with van der Waals surface area (Å²) in [7, 11) is 0. The quantitative estimate of drug-likeness (QED) is 0.797. The molecule has 1 aromatic carbocycles. The molecule has 128 valence electrons. The fourth-order valence-corrected chi connectivity index (χ4v) is 2.37. The molecule has 1 aliphatic heterocycles. The van der Waals surface area contributed by atoms with E-state index in [0.717, 1.165) is 45.0 Å². The first kappa shape index (κ1) is 17.8. The Morgan fingerprint density at radius 2 is 1.96 bits per heavy atom. The highest BCUT2D eigenvalue weighted by Gasteiger charge is 2.11. The van der Waals surface area contributed by atoms with Gasteiger partial charge in [0.25, 0.3) is 5.91 Å². The predicted octanol–water partition coefficient (Wildman–Crippen LogP) is 2.17. The Balaban J connectivity index is 1.69. The second-order valence-electron chi connectivity index (χ2n) is 6.27. The van der Waals surface area contributed by atoms with Crippen LogP contribution in [-0.2, 0) is 4.74 Å². The van der Waals surface area contributed by atoms with Crippen molar-refractivity contribution in [2.75, 3.05) is 46.0 Å². The normalized spacial score (nSPS) is 15.6. The van der Waals surface area contributed by atoms with Gasteiger partial charge in [-0.2, -0.15) is 0 Å². The monoisotopic (exact) mass is 320 g/mol. The maximum atomic E-state index is 12.1. The molecule has 2 rings (SSSR count). The van der Waals surface area contributed by atoms with Crippen LogP contribution in [-0.4, -0.2) is 56.8 Å². The number of amides is 1. The van der Waals surface area contributed by atoms with Gasteiger partial charge in [-0.15, -0.1) is 0 Å². The number of carbonyl (C=O) groups is 1. The number of carbonyl (C=O) groups excluding carboxylic acids is 1. The molecule has 0 radical (unpaired) electrons. The molecule has 1 N–H and O–H groups in total. The van der Waals surface area contributed by atoms with Crippen LogP contribution in [0.4, 0.5) is 0 Å². The summed E-state index contributed by atoms with van der Waals surface area (Å²) in [5.74, 6) is 1.41. The summed E-state index contributed by atoms with van der Waals surface area (Å²) in [6.07, 6.45) is 1.03. The van der Waals surface area contributed by atoms with Crippen molar-refractivity contribution in [2.45, 2.75) is 20.3 Å². The number of benzene rings is 1. The predicted molar refractivity (Wildman–Crippen MR) is 91.0 cm³/mol. The number of hydrogen-bond donors (Lipinski definition) is 1. The van der Waals surface area contributed by atoms with Crippen molar-refractivity contribution >= 4 is 5.91 Å². The average molecular weight is 320 g/mol. The van der Waals surface area contributed by atoms with Gasteiger partial charge in [-0.25, -0.2) is 0 Å². The fourth-order valence-electron chi connectivity index (χ4n) is 2.37. The average Bonchev–Trinajstić information content (AvgIpc) is 2.56. The van der Waals surface area contributed by atoms with Gasteiger partial charge in [0.1, 0.15) is 5.75 Å². The van der Waals surface area contributed by atoms with Gasteiger partial charge in [0, 0.05) is 31.7 Å². The third-order valence-corrected chi connectivity index (χ3v) is 3.90. The number of morpholine rings is 1. The van der Waals surface area contributed by atoms with Gasteiger partial charge < -0.3 is 14.8 Å². The minimum absolute atomic E-state index is 0.0352. The summed E-state index contributed by atoms with van der Waals surface area (Å²) >= 11 is 0. The van der Waals surface area contributed by atoms with Crippen molar-refractivity contribution in [3.8, 4) is 5.75 Å². The molecule has 1 heterocycles. The molecule has 0 unspecified atom stereocenters. The zero-order valence-electron chi connectivity index (χ0n) is 14.2. The molecule has 1 saturated heterocycles. The third-order valence-electron chi connectivity index (χ3n) is 3.90. The standard InChI is InChI=1S/C18H28N2O3/c1-15(2)7-12-23-17-5-3-16(4-6-17)18(21)19-8-9-20-10-13-22-14-11-20/h3-6,15H,7-14H2,1-2H3,(H,19,21). The van der Waals surface area contributed by atoms with Crippen LogP contribution < -0.4 is 10.1 Å². The van der Waals surface area contributed by atoms with Crippen LogP contribution >= 0.6 is 0 Å². The molecular formula is C18H28N2O3. The highest BCUT2D eigenvalue weighted by molar-refractivity contribution is 5.94. The highest BCUT2D eigenvalue weighted by Crippen LogP contribution is 2.13. The zero-order valence-corrected chi connectivity index (χ0v) is 14.2. The van der Waals surface area contributed by atoms with Crippen LogP contribution in [0.15, 0.2) is 24.3 Å². The van der Waals surface area contributed by atoms with Crippen LogP contribution in [0.2, 0.25) is 0 Å². The van der Waals surface area contributed by atoms with Gasteiger partial charge in [-0.3, -0.25) is 9.69 Å². The Morgan fingerprint density at radius 1 is 1.26 bits per heavy atom. The molecule has 0 saturated carbocycles. The number of nitrogens with zero attached hydrogens (tertiary/aromatic N) is 1. The van der Waals surface area contributed by atoms with Gasteiger partial charge in [0.05, 0.1) is 19.8 Å². The first-order valence-corrected chi connectivity index (χ1v) is 8.46. The maximum Gasteiger partial charge on any atom is 0.251 e. The van der Waals surface area contributed by atoms with Gasteiger partial charge in [-0.05, 0) is 36.6 Å². The zero-order chi connectivity index (χ0) is 16.5. The van der Waals surface area contributed by atoms with E-state index >= 15 is 0 Å². The number of ether oxygens (including phenoxy) is 2. The minimum Gasteiger partial charge on any atom is -0.494 e. The van der Waals surface area contributed by atoms with E-state index in [1.165, 1.54) is 0 Å². The van der Waals surface area contributed by atoms with Crippen LogP contribution in [0, 0.1) is 5.92 Å². The third kappa shape index (κ3) is 6.59. The maximum absolute atomic E-state index is 12.1. The Labute approximate surface area is 139 Å². The van der Waals surface area contributed by atoms with Gasteiger partial charge in [-0.1, -0.05) is 13.8 Å². The lowest BCUT2D eigenvalue weighted by molar-refractivity contribution is 0.0383. The summed E-state index contributed by atoms with van der Waals surface area (Å²) in [4.78, 5) is 14.4. The summed E-state index contributed by atoms with van der Waals surface area (Å²) in [6.45, 7) is 10.0. The van der Waals surface area contributed by atoms with E-state index in [4.69, 9.17) is 9.47 Å². The lowest BCUT2D eigenvalue weighted by atomic mass is 10.1. The molecule has 5 nitrogen and oxygen atoms in total. The molecular weight excluding hydrogens is 292 g/mol. The molecule has 0 aliphatic carbocycles. The Hall–Kier alpha value is -1.59. The van der Waals surface area contributed by atoms with Crippen molar-refractivity contribution in [1.29, 1.82) is 0 Å². The largest absolute Gasteiger partial charge is 0.494 e. The summed E-state index contributed by atoms with van der Waals surface area (Å²) in [5, 5.41) is 2.96.